The van der Waals surface area contributed by atoms with E-state index in [1.165, 1.54) is 19.1 Å². The van der Waals surface area contributed by atoms with Gasteiger partial charge in [0.25, 0.3) is 11.7 Å². The van der Waals surface area contributed by atoms with E-state index < -0.39 is 29.0 Å². The van der Waals surface area contributed by atoms with Crippen molar-refractivity contribution in [2.45, 2.75) is 19.4 Å². The van der Waals surface area contributed by atoms with Crippen LogP contribution in [0.3, 0.4) is 0 Å². The van der Waals surface area contributed by atoms with Crippen molar-refractivity contribution >= 4 is 40.9 Å². The Hall–Kier alpha value is -2.83. The fraction of sp³-hybridized carbons (Fsp3) is 0.150. The number of ether oxygens (including phenoxy) is 2. The largest absolute Gasteiger partial charge is 0.456 e. The minimum Gasteiger partial charge on any atom is -0.456 e. The zero-order chi connectivity index (χ0) is 20.5. The van der Waals surface area contributed by atoms with Gasteiger partial charge in [0.2, 0.25) is 17.2 Å². The molecule has 0 saturated carbocycles. The third-order valence-corrected chi connectivity index (χ3v) is 4.65. The number of halogens is 2. The first-order chi connectivity index (χ1) is 13.2. The zero-order valence-corrected chi connectivity index (χ0v) is 16.4. The molecule has 1 N–H and O–H groups in total. The normalized spacial score (nSPS) is 18.6. The maximum absolute atomic E-state index is 13.0. The monoisotopic (exact) mass is 419 g/mol. The van der Waals surface area contributed by atoms with Crippen LogP contribution in [-0.2, 0) is 24.7 Å². The smallest absolute Gasteiger partial charge is 0.308 e. The molecule has 2 aromatic carbocycles. The topological polar surface area (TPSA) is 81.7 Å². The number of nitrogens with one attached hydrogen (secondary N) is 1. The highest BCUT2D eigenvalue weighted by Crippen LogP contribution is 2.42. The summed E-state index contributed by atoms with van der Waals surface area (Å²) in [7, 11) is 0. The van der Waals surface area contributed by atoms with Crippen LogP contribution in [0.2, 0.25) is 10.0 Å². The molecule has 0 saturated heterocycles. The van der Waals surface area contributed by atoms with E-state index in [2.05, 4.69) is 5.32 Å². The molecule has 0 aromatic heterocycles. The van der Waals surface area contributed by atoms with Crippen LogP contribution in [0.4, 0.5) is 0 Å². The number of ketones is 1. The predicted octanol–water partition coefficient (Wildman–Crippen LogP) is 3.97. The molecule has 1 unspecified atom stereocenters. The average molecular weight is 420 g/mol. The van der Waals surface area contributed by atoms with Crippen molar-refractivity contribution in [3.8, 4) is 0 Å². The molecule has 8 heteroatoms. The second-order valence-corrected chi connectivity index (χ2v) is 7.00. The Balaban J connectivity index is 1.98. The maximum atomic E-state index is 13.0. The standard InChI is InChI=1S/C20H15Cl2NO5/c1-11(24)27-16-17(25)20(2,14-9-8-13(21)10-15(14)22)28-19(16)23-18(26)12-6-4-3-5-7-12/h3-10H,1-2H3,(H,23,26). The number of carbonyl (C=O) groups excluding carboxylic acids is 3. The maximum Gasteiger partial charge on any atom is 0.308 e. The zero-order valence-electron chi connectivity index (χ0n) is 14.9. The molecule has 2 aromatic rings. The third-order valence-electron chi connectivity index (χ3n) is 4.11. The Kier molecular flexibility index (Phi) is 5.45. The summed E-state index contributed by atoms with van der Waals surface area (Å²) in [6.07, 6.45) is 0. The fourth-order valence-corrected chi connectivity index (χ4v) is 3.34. The van der Waals surface area contributed by atoms with Crippen molar-refractivity contribution in [2.24, 2.45) is 0 Å². The molecular formula is C20H15Cl2NO5. The van der Waals surface area contributed by atoms with Crippen LogP contribution in [0.25, 0.3) is 0 Å². The molecular weight excluding hydrogens is 405 g/mol. The molecule has 144 valence electrons. The van der Waals surface area contributed by atoms with Gasteiger partial charge >= 0.3 is 5.97 Å². The Bertz CT molecular complexity index is 1000. The molecule has 6 nitrogen and oxygen atoms in total. The van der Waals surface area contributed by atoms with Crippen molar-refractivity contribution in [3.05, 3.63) is 81.3 Å². The number of hydrogen-bond donors (Lipinski definition) is 1. The van der Waals surface area contributed by atoms with Crippen LogP contribution in [0.5, 0.6) is 0 Å². The molecule has 0 bridgehead atoms. The highest BCUT2D eigenvalue weighted by atomic mass is 35.5. The van der Waals surface area contributed by atoms with Crippen LogP contribution < -0.4 is 5.32 Å². The Morgan fingerprint density at radius 1 is 1.11 bits per heavy atom. The van der Waals surface area contributed by atoms with E-state index in [-0.39, 0.29) is 10.9 Å². The van der Waals surface area contributed by atoms with Gasteiger partial charge in [-0.1, -0.05) is 47.5 Å². The molecule has 1 aliphatic heterocycles. The van der Waals surface area contributed by atoms with Gasteiger partial charge in [-0.15, -0.1) is 0 Å². The Labute approximate surface area is 171 Å². The molecule has 1 aliphatic rings. The lowest BCUT2D eigenvalue weighted by Crippen LogP contribution is -2.33. The molecule has 0 aliphatic carbocycles. The first kappa shape index (κ1) is 19.9. The van der Waals surface area contributed by atoms with Gasteiger partial charge in [0.1, 0.15) is 0 Å². The summed E-state index contributed by atoms with van der Waals surface area (Å²) in [5.74, 6) is -2.58. The van der Waals surface area contributed by atoms with Gasteiger partial charge < -0.3 is 9.47 Å². The van der Waals surface area contributed by atoms with E-state index in [1.807, 2.05) is 0 Å². The van der Waals surface area contributed by atoms with Gasteiger partial charge in [-0.05, 0) is 31.2 Å². The van der Waals surface area contributed by atoms with E-state index in [4.69, 9.17) is 32.7 Å². The second kappa shape index (κ2) is 7.66. The molecule has 3 rings (SSSR count). The number of rotatable bonds is 4. The van der Waals surface area contributed by atoms with Crippen molar-refractivity contribution in [1.82, 2.24) is 5.32 Å². The van der Waals surface area contributed by atoms with E-state index in [0.717, 1.165) is 6.92 Å². The van der Waals surface area contributed by atoms with Crippen LogP contribution in [-0.4, -0.2) is 17.7 Å². The SMILES string of the molecule is CC(=O)OC1=C(NC(=O)c2ccccc2)OC(C)(c2ccc(Cl)cc2Cl)C1=O. The van der Waals surface area contributed by atoms with Crippen LogP contribution >= 0.6 is 23.2 Å². The molecule has 1 heterocycles. The molecule has 0 radical (unpaired) electrons. The molecule has 1 atom stereocenters. The van der Waals surface area contributed by atoms with Gasteiger partial charge in [-0.2, -0.15) is 0 Å². The summed E-state index contributed by atoms with van der Waals surface area (Å²) in [6.45, 7) is 2.61. The van der Waals surface area contributed by atoms with Gasteiger partial charge in [-0.25, -0.2) is 0 Å². The minimum absolute atomic E-state index is 0.196. The fourth-order valence-electron chi connectivity index (χ4n) is 2.75. The average Bonchev–Trinajstić information content (AvgIpc) is 2.87. The number of amides is 1. The molecule has 0 spiro atoms. The summed E-state index contributed by atoms with van der Waals surface area (Å²) in [6, 6.07) is 12.9. The van der Waals surface area contributed by atoms with E-state index in [9.17, 15) is 14.4 Å². The highest BCUT2D eigenvalue weighted by Gasteiger charge is 2.50. The third kappa shape index (κ3) is 3.74. The summed E-state index contributed by atoms with van der Waals surface area (Å²) < 4.78 is 10.8. The lowest BCUT2D eigenvalue weighted by Gasteiger charge is -2.24. The van der Waals surface area contributed by atoms with Crippen molar-refractivity contribution in [2.75, 3.05) is 0 Å². The Morgan fingerprint density at radius 2 is 1.79 bits per heavy atom. The second-order valence-electron chi connectivity index (χ2n) is 6.16. The van der Waals surface area contributed by atoms with Crippen molar-refractivity contribution < 1.29 is 23.9 Å². The van der Waals surface area contributed by atoms with Crippen molar-refractivity contribution in [3.63, 3.8) is 0 Å². The summed E-state index contributed by atoms with van der Waals surface area (Å²) in [4.78, 5) is 37.0. The number of esters is 1. The van der Waals surface area contributed by atoms with Gasteiger partial charge in [0.15, 0.2) is 0 Å². The van der Waals surface area contributed by atoms with Crippen LogP contribution in [0, 0.1) is 0 Å². The molecule has 28 heavy (non-hydrogen) atoms. The van der Waals surface area contributed by atoms with E-state index >= 15 is 0 Å². The Morgan fingerprint density at radius 3 is 2.39 bits per heavy atom. The number of hydrogen-bond acceptors (Lipinski definition) is 5. The summed E-state index contributed by atoms with van der Waals surface area (Å²) in [5.41, 5.74) is -0.949. The summed E-state index contributed by atoms with van der Waals surface area (Å²) in [5, 5.41) is 3.07. The number of benzene rings is 2. The van der Waals surface area contributed by atoms with Crippen LogP contribution in [0.15, 0.2) is 60.2 Å². The lowest BCUT2D eigenvalue weighted by atomic mass is 9.91. The highest BCUT2D eigenvalue weighted by molar-refractivity contribution is 6.35. The minimum atomic E-state index is -1.61. The molecule has 1 amide bonds. The van der Waals surface area contributed by atoms with Crippen molar-refractivity contribution in [1.29, 1.82) is 0 Å². The first-order valence-electron chi connectivity index (χ1n) is 8.21. The van der Waals surface area contributed by atoms with E-state index in [0.29, 0.717) is 16.1 Å². The van der Waals surface area contributed by atoms with Gasteiger partial charge in [-0.3, -0.25) is 19.7 Å². The van der Waals surface area contributed by atoms with E-state index in [1.54, 1.807) is 36.4 Å². The first-order valence-corrected chi connectivity index (χ1v) is 8.96. The lowest BCUT2D eigenvalue weighted by molar-refractivity contribution is -0.142. The predicted molar refractivity (Wildman–Crippen MR) is 103 cm³/mol. The summed E-state index contributed by atoms with van der Waals surface area (Å²) >= 11 is 12.2. The number of carbonyl (C=O) groups is 3. The number of Topliss-reactive ketones (excluding diaryl/α,β-unsaturated/α-hetero) is 1. The van der Waals surface area contributed by atoms with Gasteiger partial charge in [0.05, 0.1) is 0 Å². The quantitative estimate of drug-likeness (QED) is 0.758. The van der Waals surface area contributed by atoms with Crippen LogP contribution in [0.1, 0.15) is 29.8 Å². The van der Waals surface area contributed by atoms with Gasteiger partial charge in [0, 0.05) is 28.1 Å². The molecule has 0 fully saturated rings.